The molecule has 0 saturated carbocycles. The summed E-state index contributed by atoms with van der Waals surface area (Å²) in [5.74, 6) is -0.998. The molecule has 0 aliphatic heterocycles. The van der Waals surface area contributed by atoms with Crippen molar-refractivity contribution >= 4 is 18.0 Å². The van der Waals surface area contributed by atoms with Crippen molar-refractivity contribution in [1.29, 1.82) is 0 Å². The van der Waals surface area contributed by atoms with Crippen LogP contribution in [0.3, 0.4) is 0 Å². The lowest BCUT2D eigenvalue weighted by Gasteiger charge is -2.26. The number of carbonyl (C=O) groups is 3. The van der Waals surface area contributed by atoms with E-state index in [-0.39, 0.29) is 12.6 Å². The number of rotatable bonds is 6. The highest BCUT2D eigenvalue weighted by molar-refractivity contribution is 5.86. The normalized spacial score (nSPS) is 13.8. The second-order valence-corrected chi connectivity index (χ2v) is 5.83. The maximum atomic E-state index is 12.1. The second kappa shape index (κ2) is 8.49. The van der Waals surface area contributed by atoms with Gasteiger partial charge in [-0.1, -0.05) is 20.3 Å². The monoisotopic (exact) mass is 302 g/mol. The fourth-order valence-corrected chi connectivity index (χ4v) is 1.46. The van der Waals surface area contributed by atoms with E-state index in [0.29, 0.717) is 6.42 Å². The van der Waals surface area contributed by atoms with E-state index in [1.54, 1.807) is 20.8 Å². The van der Waals surface area contributed by atoms with Crippen LogP contribution in [-0.2, 0) is 19.1 Å². The third-order valence-corrected chi connectivity index (χ3v) is 2.69. The molecular formula is C14H26N2O5. The fourth-order valence-electron chi connectivity index (χ4n) is 1.46. The van der Waals surface area contributed by atoms with Crippen molar-refractivity contribution in [2.24, 2.45) is 5.92 Å². The molecule has 0 saturated heterocycles. The number of hydrogen-bond acceptors (Lipinski definition) is 5. The van der Waals surface area contributed by atoms with Gasteiger partial charge in [-0.15, -0.1) is 0 Å². The average molecular weight is 302 g/mol. The summed E-state index contributed by atoms with van der Waals surface area (Å²) in [5, 5.41) is 4.99. The Morgan fingerprint density at radius 1 is 1.19 bits per heavy atom. The fraction of sp³-hybridized carbons (Fsp3) is 0.786. The van der Waals surface area contributed by atoms with Gasteiger partial charge in [0.25, 0.3) is 0 Å². The SMILES string of the molecule is CCC(C)C(NC(=O)OC(C)(C)C)C(=O)NCOC(C)=O. The highest BCUT2D eigenvalue weighted by Gasteiger charge is 2.28. The Balaban J connectivity index is 4.61. The zero-order chi connectivity index (χ0) is 16.6. The molecule has 0 radical (unpaired) electrons. The van der Waals surface area contributed by atoms with E-state index in [4.69, 9.17) is 4.74 Å². The molecule has 2 atom stereocenters. The molecule has 0 aromatic rings. The van der Waals surface area contributed by atoms with Gasteiger partial charge in [-0.3, -0.25) is 9.59 Å². The first-order valence-corrected chi connectivity index (χ1v) is 6.97. The summed E-state index contributed by atoms with van der Waals surface area (Å²) in [6, 6.07) is -0.750. The van der Waals surface area contributed by atoms with Crippen LogP contribution in [-0.4, -0.2) is 36.3 Å². The third-order valence-electron chi connectivity index (χ3n) is 2.69. The summed E-state index contributed by atoms with van der Waals surface area (Å²) >= 11 is 0. The van der Waals surface area contributed by atoms with Crippen LogP contribution in [0.15, 0.2) is 0 Å². The lowest BCUT2D eigenvalue weighted by Crippen LogP contribution is -2.51. The molecule has 2 amide bonds. The molecule has 2 N–H and O–H groups in total. The Bertz CT molecular complexity index is 376. The summed E-state index contributed by atoms with van der Waals surface area (Å²) in [5.41, 5.74) is -0.641. The average Bonchev–Trinajstić information content (AvgIpc) is 2.32. The van der Waals surface area contributed by atoms with E-state index < -0.39 is 29.6 Å². The molecule has 0 heterocycles. The lowest BCUT2D eigenvalue weighted by atomic mass is 9.98. The molecule has 0 aromatic carbocycles. The van der Waals surface area contributed by atoms with Crippen molar-refractivity contribution in [3.05, 3.63) is 0 Å². The third kappa shape index (κ3) is 8.88. The van der Waals surface area contributed by atoms with Crippen molar-refractivity contribution in [2.45, 2.75) is 59.6 Å². The van der Waals surface area contributed by atoms with Gasteiger partial charge in [0.2, 0.25) is 5.91 Å². The minimum Gasteiger partial charge on any atom is -0.445 e. The predicted molar refractivity (Wildman–Crippen MR) is 77.4 cm³/mol. The molecule has 122 valence electrons. The van der Waals surface area contributed by atoms with E-state index >= 15 is 0 Å². The summed E-state index contributed by atoms with van der Waals surface area (Å²) < 4.78 is 9.79. The van der Waals surface area contributed by atoms with Crippen molar-refractivity contribution in [1.82, 2.24) is 10.6 Å². The van der Waals surface area contributed by atoms with Gasteiger partial charge in [-0.25, -0.2) is 4.79 Å². The first-order valence-electron chi connectivity index (χ1n) is 6.97. The zero-order valence-electron chi connectivity index (χ0n) is 13.6. The Labute approximate surface area is 125 Å². The first kappa shape index (κ1) is 19.2. The maximum Gasteiger partial charge on any atom is 0.408 e. The van der Waals surface area contributed by atoms with Crippen LogP contribution in [0, 0.1) is 5.92 Å². The lowest BCUT2D eigenvalue weighted by molar-refractivity contribution is -0.143. The van der Waals surface area contributed by atoms with Gasteiger partial charge in [0.1, 0.15) is 11.6 Å². The van der Waals surface area contributed by atoms with Crippen molar-refractivity contribution in [3.8, 4) is 0 Å². The van der Waals surface area contributed by atoms with Crippen LogP contribution in [0.1, 0.15) is 48.0 Å². The van der Waals surface area contributed by atoms with Crippen molar-refractivity contribution in [2.75, 3.05) is 6.73 Å². The molecule has 2 unspecified atom stereocenters. The van der Waals surface area contributed by atoms with Gasteiger partial charge in [-0.05, 0) is 26.7 Å². The molecule has 0 rings (SSSR count). The van der Waals surface area contributed by atoms with Crippen LogP contribution in [0.2, 0.25) is 0 Å². The van der Waals surface area contributed by atoms with Gasteiger partial charge >= 0.3 is 12.1 Å². The second-order valence-electron chi connectivity index (χ2n) is 5.83. The van der Waals surface area contributed by atoms with Crippen molar-refractivity contribution < 1.29 is 23.9 Å². The van der Waals surface area contributed by atoms with E-state index in [2.05, 4.69) is 15.4 Å². The largest absolute Gasteiger partial charge is 0.445 e. The minimum absolute atomic E-state index is 0.0881. The first-order chi connectivity index (χ1) is 9.56. The molecule has 21 heavy (non-hydrogen) atoms. The minimum atomic E-state index is -0.750. The summed E-state index contributed by atoms with van der Waals surface area (Å²) in [4.78, 5) is 34.5. The topological polar surface area (TPSA) is 93.7 Å². The van der Waals surface area contributed by atoms with Crippen LogP contribution in [0.25, 0.3) is 0 Å². The van der Waals surface area contributed by atoms with Gasteiger partial charge in [0.05, 0.1) is 0 Å². The maximum absolute atomic E-state index is 12.1. The number of carbonyl (C=O) groups excluding carboxylic acids is 3. The van der Waals surface area contributed by atoms with E-state index in [9.17, 15) is 14.4 Å². The Morgan fingerprint density at radius 2 is 1.76 bits per heavy atom. The quantitative estimate of drug-likeness (QED) is 0.573. The molecule has 0 aliphatic carbocycles. The molecule has 0 spiro atoms. The van der Waals surface area contributed by atoms with Crippen LogP contribution >= 0.6 is 0 Å². The standard InChI is InChI=1S/C14H26N2O5/c1-7-9(2)11(12(18)15-8-20-10(3)17)16-13(19)21-14(4,5)6/h9,11H,7-8H2,1-6H3,(H,15,18)(H,16,19). The van der Waals surface area contributed by atoms with E-state index in [1.807, 2.05) is 13.8 Å². The molecular weight excluding hydrogens is 276 g/mol. The molecule has 0 aromatic heterocycles. The predicted octanol–water partition coefficient (Wildman–Crippen LogP) is 1.56. The Morgan fingerprint density at radius 3 is 2.19 bits per heavy atom. The summed E-state index contributed by atoms with van der Waals surface area (Å²) in [7, 11) is 0. The Kier molecular flexibility index (Phi) is 7.76. The number of amides is 2. The van der Waals surface area contributed by atoms with Crippen LogP contribution in [0.4, 0.5) is 4.79 Å². The van der Waals surface area contributed by atoms with E-state index in [0.717, 1.165) is 0 Å². The van der Waals surface area contributed by atoms with Crippen LogP contribution < -0.4 is 10.6 Å². The van der Waals surface area contributed by atoms with Gasteiger partial charge < -0.3 is 20.1 Å². The number of hydrogen-bond donors (Lipinski definition) is 2. The van der Waals surface area contributed by atoms with Gasteiger partial charge in [0, 0.05) is 6.92 Å². The highest BCUT2D eigenvalue weighted by atomic mass is 16.6. The van der Waals surface area contributed by atoms with Crippen molar-refractivity contribution in [3.63, 3.8) is 0 Å². The number of ether oxygens (including phenoxy) is 2. The number of nitrogens with one attached hydrogen (secondary N) is 2. The molecule has 7 heteroatoms. The van der Waals surface area contributed by atoms with Crippen LogP contribution in [0.5, 0.6) is 0 Å². The number of alkyl carbamates (subject to hydrolysis) is 1. The highest BCUT2D eigenvalue weighted by Crippen LogP contribution is 2.11. The molecule has 0 fully saturated rings. The molecule has 7 nitrogen and oxygen atoms in total. The van der Waals surface area contributed by atoms with Gasteiger partial charge in [-0.2, -0.15) is 0 Å². The van der Waals surface area contributed by atoms with Gasteiger partial charge in [0.15, 0.2) is 6.73 Å². The number of esters is 1. The molecule has 0 aliphatic rings. The summed E-state index contributed by atoms with van der Waals surface area (Å²) in [6.07, 6.45) is 0.0389. The Hall–Kier alpha value is -1.79. The smallest absolute Gasteiger partial charge is 0.408 e. The summed E-state index contributed by atoms with van der Waals surface area (Å²) in [6.45, 7) is 10.00. The zero-order valence-corrected chi connectivity index (χ0v) is 13.6. The van der Waals surface area contributed by atoms with E-state index in [1.165, 1.54) is 6.92 Å². The molecule has 0 bridgehead atoms.